The van der Waals surface area contributed by atoms with E-state index in [0.717, 1.165) is 5.56 Å². The SMILES string of the molecule is COCCCN(CC(=O)N[C@@H](CC(=O)O)c1ccc(OC)cc1)C(=O)Cc1ccc(NC(=O)Nc2ccccc2C)cc1. The molecule has 43 heavy (non-hydrogen) atoms. The smallest absolute Gasteiger partial charge is 0.323 e. The van der Waals surface area contributed by atoms with E-state index < -0.39 is 17.9 Å². The van der Waals surface area contributed by atoms with Gasteiger partial charge < -0.3 is 35.4 Å². The van der Waals surface area contributed by atoms with Crippen LogP contribution in [-0.4, -0.2) is 67.7 Å². The van der Waals surface area contributed by atoms with E-state index in [-0.39, 0.29) is 37.9 Å². The molecule has 0 radical (unpaired) electrons. The zero-order valence-electron chi connectivity index (χ0n) is 24.6. The summed E-state index contributed by atoms with van der Waals surface area (Å²) in [6.07, 6.45) is 0.234. The number of amides is 4. The monoisotopic (exact) mass is 590 g/mol. The maximum Gasteiger partial charge on any atom is 0.323 e. The quantitative estimate of drug-likeness (QED) is 0.192. The zero-order valence-corrected chi connectivity index (χ0v) is 24.6. The molecule has 0 aliphatic rings. The van der Waals surface area contributed by atoms with Crippen LogP contribution in [-0.2, 0) is 25.5 Å². The van der Waals surface area contributed by atoms with E-state index in [4.69, 9.17) is 9.47 Å². The maximum absolute atomic E-state index is 13.3. The first-order valence-corrected chi connectivity index (χ1v) is 13.8. The minimum absolute atomic E-state index is 0.0347. The number of anilines is 2. The van der Waals surface area contributed by atoms with Gasteiger partial charge in [-0.05, 0) is 60.4 Å². The Bertz CT molecular complexity index is 1380. The van der Waals surface area contributed by atoms with Gasteiger partial charge in [0, 0.05) is 31.6 Å². The third-order valence-electron chi connectivity index (χ3n) is 6.66. The van der Waals surface area contributed by atoms with E-state index in [2.05, 4.69) is 16.0 Å². The van der Waals surface area contributed by atoms with E-state index in [1.165, 1.54) is 12.0 Å². The summed E-state index contributed by atoms with van der Waals surface area (Å²) in [4.78, 5) is 51.6. The fourth-order valence-corrected chi connectivity index (χ4v) is 4.36. The molecule has 0 bridgehead atoms. The van der Waals surface area contributed by atoms with Gasteiger partial charge in [-0.3, -0.25) is 14.4 Å². The largest absolute Gasteiger partial charge is 0.497 e. The number of benzene rings is 3. The Labute approximate surface area is 251 Å². The maximum atomic E-state index is 13.3. The van der Waals surface area contributed by atoms with Crippen molar-refractivity contribution in [1.29, 1.82) is 0 Å². The van der Waals surface area contributed by atoms with Crippen LogP contribution in [0.25, 0.3) is 0 Å². The van der Waals surface area contributed by atoms with Crippen LogP contribution in [0.2, 0.25) is 0 Å². The number of hydrogen-bond donors (Lipinski definition) is 4. The molecule has 3 aromatic carbocycles. The second-order valence-electron chi connectivity index (χ2n) is 9.92. The Kier molecular flexibility index (Phi) is 12.5. The first-order chi connectivity index (χ1) is 20.7. The molecule has 0 unspecified atom stereocenters. The standard InChI is InChI=1S/C32H38N4O7/c1-22-7-4-5-8-27(22)35-32(41)33-25-13-9-23(10-14-25)19-30(38)36(17-6-18-42-2)21-29(37)34-28(20-31(39)40)24-11-15-26(43-3)16-12-24/h4-5,7-16,28H,6,17-21H2,1-3H3,(H,34,37)(H,39,40)(H2,33,35,41)/t28-/m0/s1. The van der Waals surface area contributed by atoms with Crippen LogP contribution in [0.4, 0.5) is 16.2 Å². The minimum Gasteiger partial charge on any atom is -0.497 e. The topological polar surface area (TPSA) is 146 Å². The van der Waals surface area contributed by atoms with Gasteiger partial charge in [0.2, 0.25) is 11.8 Å². The third kappa shape index (κ3) is 10.8. The number of carboxylic acids is 1. The normalized spacial score (nSPS) is 11.2. The Morgan fingerprint density at radius 3 is 2.23 bits per heavy atom. The lowest BCUT2D eigenvalue weighted by Gasteiger charge is -2.24. The second-order valence-corrected chi connectivity index (χ2v) is 9.92. The number of carbonyl (C=O) groups excluding carboxylic acids is 3. The lowest BCUT2D eigenvalue weighted by Crippen LogP contribution is -2.43. The van der Waals surface area contributed by atoms with Crippen LogP contribution < -0.4 is 20.7 Å². The van der Waals surface area contributed by atoms with E-state index in [1.54, 1.807) is 55.6 Å². The van der Waals surface area contributed by atoms with E-state index in [9.17, 15) is 24.3 Å². The molecule has 0 aromatic heterocycles. The second kappa shape index (κ2) is 16.5. The van der Waals surface area contributed by atoms with E-state index in [0.29, 0.717) is 41.3 Å². The number of rotatable bonds is 15. The number of hydrogen-bond acceptors (Lipinski definition) is 6. The predicted octanol–water partition coefficient (Wildman–Crippen LogP) is 4.39. The van der Waals surface area contributed by atoms with Gasteiger partial charge in [0.25, 0.3) is 0 Å². The molecule has 1 atom stereocenters. The summed E-state index contributed by atoms with van der Waals surface area (Å²) in [5, 5.41) is 17.7. The number of aryl methyl sites for hydroxylation is 1. The van der Waals surface area contributed by atoms with Crippen LogP contribution in [0.3, 0.4) is 0 Å². The molecule has 0 fully saturated rings. The third-order valence-corrected chi connectivity index (χ3v) is 6.66. The molecule has 228 valence electrons. The molecule has 3 rings (SSSR count). The highest BCUT2D eigenvalue weighted by molar-refractivity contribution is 6.00. The Balaban J connectivity index is 1.62. The van der Waals surface area contributed by atoms with Crippen LogP contribution in [0.15, 0.2) is 72.8 Å². The number of methoxy groups -OCH3 is 2. The van der Waals surface area contributed by atoms with Crippen molar-refractivity contribution in [2.24, 2.45) is 0 Å². The molecule has 0 spiro atoms. The molecule has 0 aliphatic heterocycles. The minimum atomic E-state index is -1.07. The fraction of sp³-hybridized carbons (Fsp3) is 0.312. The van der Waals surface area contributed by atoms with Gasteiger partial charge in [0.1, 0.15) is 5.75 Å². The van der Waals surface area contributed by atoms with Gasteiger partial charge in [-0.2, -0.15) is 0 Å². The van der Waals surface area contributed by atoms with Gasteiger partial charge >= 0.3 is 12.0 Å². The molecule has 0 saturated carbocycles. The van der Waals surface area contributed by atoms with Crippen LogP contribution in [0.1, 0.15) is 35.6 Å². The van der Waals surface area contributed by atoms with Crippen LogP contribution in [0, 0.1) is 6.92 Å². The first-order valence-electron chi connectivity index (χ1n) is 13.8. The Morgan fingerprint density at radius 1 is 0.907 bits per heavy atom. The molecule has 11 heteroatoms. The first kappa shape index (κ1) is 32.6. The lowest BCUT2D eigenvalue weighted by atomic mass is 10.0. The number of nitrogens with zero attached hydrogens (tertiary/aromatic N) is 1. The predicted molar refractivity (Wildman–Crippen MR) is 163 cm³/mol. The summed E-state index contributed by atoms with van der Waals surface area (Å²) in [6.45, 7) is 2.35. The highest BCUT2D eigenvalue weighted by Crippen LogP contribution is 2.21. The average Bonchev–Trinajstić information content (AvgIpc) is 2.98. The highest BCUT2D eigenvalue weighted by atomic mass is 16.5. The fourth-order valence-electron chi connectivity index (χ4n) is 4.36. The summed E-state index contributed by atoms with van der Waals surface area (Å²) in [6, 6.07) is 19.9. The Hall–Kier alpha value is -4.90. The van der Waals surface area contributed by atoms with Crippen molar-refractivity contribution in [3.63, 3.8) is 0 Å². The van der Waals surface area contributed by atoms with Crippen molar-refractivity contribution in [1.82, 2.24) is 10.2 Å². The molecule has 0 saturated heterocycles. The summed E-state index contributed by atoms with van der Waals surface area (Å²) >= 11 is 0. The summed E-state index contributed by atoms with van der Waals surface area (Å²) in [5.74, 6) is -1.22. The number of para-hydroxylation sites is 1. The summed E-state index contributed by atoms with van der Waals surface area (Å²) in [5.41, 5.74) is 3.51. The van der Waals surface area contributed by atoms with Crippen molar-refractivity contribution in [2.45, 2.75) is 32.2 Å². The van der Waals surface area contributed by atoms with Crippen LogP contribution in [0.5, 0.6) is 5.75 Å². The summed E-state index contributed by atoms with van der Waals surface area (Å²) < 4.78 is 10.3. The number of carbonyl (C=O) groups is 4. The van der Waals surface area contributed by atoms with Gasteiger partial charge in [-0.15, -0.1) is 0 Å². The van der Waals surface area contributed by atoms with Crippen molar-refractivity contribution >= 4 is 35.2 Å². The molecule has 0 heterocycles. The highest BCUT2D eigenvalue weighted by Gasteiger charge is 2.22. The number of ether oxygens (including phenoxy) is 2. The number of nitrogens with one attached hydrogen (secondary N) is 3. The summed E-state index contributed by atoms with van der Waals surface area (Å²) in [7, 11) is 3.08. The number of urea groups is 1. The molecule has 3 aromatic rings. The van der Waals surface area contributed by atoms with Gasteiger partial charge in [-0.1, -0.05) is 42.5 Å². The average molecular weight is 591 g/mol. The van der Waals surface area contributed by atoms with Gasteiger partial charge in [0.05, 0.1) is 32.5 Å². The molecule has 4 N–H and O–H groups in total. The van der Waals surface area contributed by atoms with Gasteiger partial charge in [-0.25, -0.2) is 4.79 Å². The zero-order chi connectivity index (χ0) is 31.2. The van der Waals surface area contributed by atoms with Crippen molar-refractivity contribution in [3.05, 3.63) is 89.5 Å². The van der Waals surface area contributed by atoms with Crippen molar-refractivity contribution in [3.8, 4) is 5.75 Å². The number of aliphatic carboxylic acids is 1. The van der Waals surface area contributed by atoms with Crippen LogP contribution >= 0.6 is 0 Å². The van der Waals surface area contributed by atoms with Crippen molar-refractivity contribution in [2.75, 3.05) is 44.5 Å². The molecular weight excluding hydrogens is 552 g/mol. The van der Waals surface area contributed by atoms with Gasteiger partial charge in [0.15, 0.2) is 0 Å². The molecule has 11 nitrogen and oxygen atoms in total. The molecular formula is C32H38N4O7. The molecule has 4 amide bonds. The molecule has 0 aliphatic carbocycles. The number of carboxylic acid groups (broad SMARTS) is 1. The lowest BCUT2D eigenvalue weighted by molar-refractivity contribution is -0.139. The van der Waals surface area contributed by atoms with Crippen molar-refractivity contribution < 1.29 is 33.8 Å². The van der Waals surface area contributed by atoms with E-state index >= 15 is 0 Å². The Morgan fingerprint density at radius 2 is 1.60 bits per heavy atom. The van der Waals surface area contributed by atoms with E-state index in [1.807, 2.05) is 31.2 Å².